The van der Waals surface area contributed by atoms with E-state index in [-0.39, 0.29) is 23.3 Å². The van der Waals surface area contributed by atoms with E-state index in [0.29, 0.717) is 19.6 Å². The third-order valence-electron chi connectivity index (χ3n) is 6.09. The number of methoxy groups -OCH3 is 1. The smallest absolute Gasteiger partial charge is 0.245 e. The van der Waals surface area contributed by atoms with Gasteiger partial charge in [-0.05, 0) is 38.5 Å². The van der Waals surface area contributed by atoms with E-state index in [9.17, 15) is 9.59 Å². The third-order valence-corrected chi connectivity index (χ3v) is 6.09. The average molecular weight is 362 g/mol. The van der Waals surface area contributed by atoms with E-state index < -0.39 is 0 Å². The molecule has 1 aromatic heterocycles. The summed E-state index contributed by atoms with van der Waals surface area (Å²) in [4.78, 5) is 33.2. The number of amides is 2. The van der Waals surface area contributed by atoms with Crippen LogP contribution >= 0.6 is 0 Å². The predicted octanol–water partition coefficient (Wildman–Crippen LogP) is 1.63. The highest BCUT2D eigenvalue weighted by Crippen LogP contribution is 2.40. The van der Waals surface area contributed by atoms with E-state index >= 15 is 0 Å². The van der Waals surface area contributed by atoms with Crippen molar-refractivity contribution in [3.63, 3.8) is 0 Å². The zero-order valence-electron chi connectivity index (χ0n) is 16.1. The van der Waals surface area contributed by atoms with Crippen LogP contribution in [0, 0.1) is 12.3 Å². The fourth-order valence-electron chi connectivity index (χ4n) is 4.30. The summed E-state index contributed by atoms with van der Waals surface area (Å²) in [6.07, 6.45) is 7.08. The van der Waals surface area contributed by atoms with Gasteiger partial charge in [0.15, 0.2) is 0 Å². The van der Waals surface area contributed by atoms with Crippen LogP contribution in [0.25, 0.3) is 0 Å². The van der Waals surface area contributed by atoms with Crippen molar-refractivity contribution in [1.29, 1.82) is 0 Å². The predicted molar refractivity (Wildman–Crippen MR) is 97.6 cm³/mol. The summed E-state index contributed by atoms with van der Waals surface area (Å²) in [6, 6.07) is -0.224. The summed E-state index contributed by atoms with van der Waals surface area (Å²) < 4.78 is 7.06. The van der Waals surface area contributed by atoms with Gasteiger partial charge in [-0.15, -0.1) is 0 Å². The Bertz CT molecular complexity index is 649. The molecule has 3 heterocycles. The molecule has 2 amide bonds. The van der Waals surface area contributed by atoms with Gasteiger partial charge in [-0.25, -0.2) is 4.98 Å². The van der Waals surface area contributed by atoms with E-state index in [1.54, 1.807) is 13.3 Å². The number of ether oxygens (including phenoxy) is 1. The Labute approximate surface area is 155 Å². The molecule has 3 rings (SSSR count). The molecule has 2 aliphatic heterocycles. The second-order valence-corrected chi connectivity index (χ2v) is 7.69. The Kier molecular flexibility index (Phi) is 5.65. The van der Waals surface area contributed by atoms with Crippen LogP contribution in [0.15, 0.2) is 12.4 Å². The first-order valence-electron chi connectivity index (χ1n) is 9.51. The van der Waals surface area contributed by atoms with Crippen molar-refractivity contribution in [2.45, 2.75) is 45.6 Å². The fourth-order valence-corrected chi connectivity index (χ4v) is 4.30. The monoisotopic (exact) mass is 362 g/mol. The SMILES string of the molecule is COCCN1CC2(CCC1=O)CCN(C(=O)[C@H](C)n1ccnc1C)CC2. The maximum Gasteiger partial charge on any atom is 0.245 e. The molecule has 0 unspecified atom stereocenters. The maximum atomic E-state index is 12.9. The van der Waals surface area contributed by atoms with Crippen molar-refractivity contribution in [2.24, 2.45) is 5.41 Å². The number of aromatic nitrogens is 2. The zero-order valence-corrected chi connectivity index (χ0v) is 16.1. The van der Waals surface area contributed by atoms with Crippen LogP contribution in [-0.2, 0) is 14.3 Å². The van der Waals surface area contributed by atoms with Gasteiger partial charge in [-0.2, -0.15) is 0 Å². The fraction of sp³-hybridized carbons (Fsp3) is 0.737. The second kappa shape index (κ2) is 7.78. The minimum absolute atomic E-state index is 0.157. The van der Waals surface area contributed by atoms with E-state index in [2.05, 4.69) is 4.98 Å². The lowest BCUT2D eigenvalue weighted by Crippen LogP contribution is -2.53. The lowest BCUT2D eigenvalue weighted by molar-refractivity contribution is -0.144. The van der Waals surface area contributed by atoms with Gasteiger partial charge >= 0.3 is 0 Å². The number of carbonyl (C=O) groups excluding carboxylic acids is 2. The Morgan fingerprint density at radius 1 is 1.35 bits per heavy atom. The molecule has 26 heavy (non-hydrogen) atoms. The van der Waals surface area contributed by atoms with Crippen LogP contribution in [0.2, 0.25) is 0 Å². The molecule has 2 aliphatic rings. The average Bonchev–Trinajstić information content (AvgIpc) is 3.08. The van der Waals surface area contributed by atoms with Crippen LogP contribution in [0.1, 0.15) is 44.5 Å². The van der Waals surface area contributed by atoms with Crippen molar-refractivity contribution < 1.29 is 14.3 Å². The normalized spacial score (nSPS) is 21.3. The largest absolute Gasteiger partial charge is 0.383 e. The molecule has 1 spiro atoms. The first-order valence-corrected chi connectivity index (χ1v) is 9.51. The van der Waals surface area contributed by atoms with Gasteiger partial charge in [0.1, 0.15) is 11.9 Å². The van der Waals surface area contributed by atoms with Gasteiger partial charge in [0.2, 0.25) is 11.8 Å². The number of hydrogen-bond donors (Lipinski definition) is 0. The number of hydrogen-bond acceptors (Lipinski definition) is 4. The van der Waals surface area contributed by atoms with Crippen LogP contribution in [-0.4, -0.2) is 71.1 Å². The first-order chi connectivity index (χ1) is 12.5. The molecule has 144 valence electrons. The standard InChI is InChI=1S/C19H30N4O3/c1-15(23-11-8-20-16(23)2)18(25)21-9-6-19(7-10-21)5-4-17(24)22(14-19)12-13-26-3/h8,11,15H,4-7,9-10,12-14H2,1-3H3/t15-/m0/s1. The molecule has 7 nitrogen and oxygen atoms in total. The Morgan fingerprint density at radius 3 is 2.69 bits per heavy atom. The highest BCUT2D eigenvalue weighted by atomic mass is 16.5. The van der Waals surface area contributed by atoms with Gasteiger partial charge in [0, 0.05) is 52.1 Å². The van der Waals surface area contributed by atoms with Crippen molar-refractivity contribution in [3.8, 4) is 0 Å². The second-order valence-electron chi connectivity index (χ2n) is 7.69. The topological polar surface area (TPSA) is 67.7 Å². The Morgan fingerprint density at radius 2 is 2.08 bits per heavy atom. The third kappa shape index (κ3) is 3.77. The first kappa shape index (κ1) is 18.9. The number of aryl methyl sites for hydroxylation is 1. The van der Waals surface area contributed by atoms with E-state index in [0.717, 1.165) is 44.7 Å². The number of piperidine rings is 2. The molecule has 0 aliphatic carbocycles. The quantitative estimate of drug-likeness (QED) is 0.798. The molecule has 0 N–H and O–H groups in total. The highest BCUT2D eigenvalue weighted by molar-refractivity contribution is 5.80. The molecule has 2 saturated heterocycles. The minimum Gasteiger partial charge on any atom is -0.383 e. The molecule has 1 aromatic rings. The zero-order chi connectivity index (χ0) is 18.7. The van der Waals surface area contributed by atoms with Crippen LogP contribution in [0.4, 0.5) is 0 Å². The molecule has 2 fully saturated rings. The minimum atomic E-state index is -0.224. The summed E-state index contributed by atoms with van der Waals surface area (Å²) in [5.41, 5.74) is 0.159. The summed E-state index contributed by atoms with van der Waals surface area (Å²) in [6.45, 7) is 7.43. The van der Waals surface area contributed by atoms with E-state index in [4.69, 9.17) is 4.74 Å². The number of likely N-dealkylation sites (tertiary alicyclic amines) is 2. The summed E-state index contributed by atoms with van der Waals surface area (Å²) in [5, 5.41) is 0. The van der Waals surface area contributed by atoms with Gasteiger partial charge in [0.05, 0.1) is 6.61 Å². The van der Waals surface area contributed by atoms with E-state index in [1.165, 1.54) is 0 Å². The molecule has 0 bridgehead atoms. The van der Waals surface area contributed by atoms with Crippen LogP contribution in [0.3, 0.4) is 0 Å². The lowest BCUT2D eigenvalue weighted by atomic mass is 9.72. The number of imidazole rings is 1. The van der Waals surface area contributed by atoms with Crippen LogP contribution in [0.5, 0.6) is 0 Å². The molecule has 0 radical (unpaired) electrons. The number of nitrogens with zero attached hydrogens (tertiary/aromatic N) is 4. The molecule has 0 saturated carbocycles. The van der Waals surface area contributed by atoms with Crippen LogP contribution < -0.4 is 0 Å². The van der Waals surface area contributed by atoms with E-state index in [1.807, 2.05) is 34.4 Å². The molecular weight excluding hydrogens is 332 g/mol. The van der Waals surface area contributed by atoms with Gasteiger partial charge < -0.3 is 19.1 Å². The summed E-state index contributed by atoms with van der Waals surface area (Å²) >= 11 is 0. The molecule has 1 atom stereocenters. The van der Waals surface area contributed by atoms with Crippen molar-refractivity contribution in [3.05, 3.63) is 18.2 Å². The Balaban J connectivity index is 1.59. The van der Waals surface area contributed by atoms with Crippen molar-refractivity contribution in [2.75, 3.05) is 39.9 Å². The maximum absolute atomic E-state index is 12.9. The number of rotatable bonds is 5. The van der Waals surface area contributed by atoms with Gasteiger partial charge in [0.25, 0.3) is 0 Å². The molecule has 0 aromatic carbocycles. The number of carbonyl (C=O) groups is 2. The molecule has 7 heteroatoms. The lowest BCUT2D eigenvalue weighted by Gasteiger charge is -2.47. The molecular formula is C19H30N4O3. The highest BCUT2D eigenvalue weighted by Gasteiger charge is 2.42. The summed E-state index contributed by atoms with van der Waals surface area (Å²) in [5.74, 6) is 1.25. The van der Waals surface area contributed by atoms with Crippen molar-refractivity contribution in [1.82, 2.24) is 19.4 Å². The Hall–Kier alpha value is -1.89. The van der Waals surface area contributed by atoms with Gasteiger partial charge in [-0.1, -0.05) is 0 Å². The van der Waals surface area contributed by atoms with Gasteiger partial charge in [-0.3, -0.25) is 9.59 Å². The van der Waals surface area contributed by atoms with Crippen molar-refractivity contribution >= 4 is 11.8 Å². The summed E-state index contributed by atoms with van der Waals surface area (Å²) in [7, 11) is 1.66.